The highest BCUT2D eigenvalue weighted by Gasteiger charge is 2.15. The Balaban J connectivity index is 2.46. The maximum absolute atomic E-state index is 11.5. The SMILES string of the molecule is CC(C)(C)CBC(=O)Oc1cccc(I)c1. The second-order valence-corrected chi connectivity index (χ2v) is 6.24. The molecule has 0 heterocycles. The number of carbonyl (C=O) groups is 1. The van der Waals surface area contributed by atoms with E-state index >= 15 is 0 Å². The number of ether oxygens (including phenoxy) is 1. The van der Waals surface area contributed by atoms with Gasteiger partial charge in [0.25, 0.3) is 13.1 Å². The molecule has 0 spiro atoms. The predicted octanol–water partition coefficient (Wildman–Crippen LogP) is 3.69. The van der Waals surface area contributed by atoms with E-state index in [-0.39, 0.29) is 11.3 Å². The Morgan fingerprint density at radius 3 is 2.69 bits per heavy atom. The van der Waals surface area contributed by atoms with Crippen molar-refractivity contribution in [3.05, 3.63) is 27.8 Å². The molecule has 0 atom stereocenters. The Morgan fingerprint density at radius 1 is 1.44 bits per heavy atom. The molecule has 0 saturated heterocycles. The maximum Gasteiger partial charge on any atom is 0.261 e. The Morgan fingerprint density at radius 2 is 2.12 bits per heavy atom. The molecule has 0 aliphatic carbocycles. The van der Waals surface area contributed by atoms with Gasteiger partial charge in [-0.2, -0.15) is 0 Å². The topological polar surface area (TPSA) is 26.3 Å². The van der Waals surface area contributed by atoms with E-state index in [1.54, 1.807) is 6.07 Å². The standard InChI is InChI=1S/C12H16BIO2/c1-12(2,3)8-13-11(15)16-10-6-4-5-9(14)7-10/h4-7,13H,8H2,1-3H3. The summed E-state index contributed by atoms with van der Waals surface area (Å²) in [6.45, 7) is 6.35. The summed E-state index contributed by atoms with van der Waals surface area (Å²) in [5.74, 6) is 0.475. The second kappa shape index (κ2) is 5.71. The number of hydrogen-bond donors (Lipinski definition) is 0. The van der Waals surface area contributed by atoms with E-state index in [4.69, 9.17) is 4.74 Å². The molecule has 0 saturated carbocycles. The zero-order chi connectivity index (χ0) is 12.2. The molecule has 0 aromatic heterocycles. The summed E-state index contributed by atoms with van der Waals surface area (Å²) in [5, 5.41) is 0. The summed E-state index contributed by atoms with van der Waals surface area (Å²) in [7, 11) is 0.467. The van der Waals surface area contributed by atoms with Crippen LogP contribution in [-0.4, -0.2) is 13.1 Å². The lowest BCUT2D eigenvalue weighted by Crippen LogP contribution is -2.19. The lowest BCUT2D eigenvalue weighted by Gasteiger charge is -2.16. The molecular formula is C12H16BIO2. The van der Waals surface area contributed by atoms with Crippen molar-refractivity contribution >= 4 is 35.7 Å². The number of halogens is 1. The molecule has 1 rings (SSSR count). The predicted molar refractivity (Wildman–Crippen MR) is 76.6 cm³/mol. The zero-order valence-corrected chi connectivity index (χ0v) is 12.1. The van der Waals surface area contributed by atoms with Gasteiger partial charge in [0.2, 0.25) is 0 Å². The Bertz CT molecular complexity index is 372. The monoisotopic (exact) mass is 330 g/mol. The molecule has 0 radical (unpaired) electrons. The number of rotatable bonds is 3. The van der Waals surface area contributed by atoms with E-state index in [0.717, 1.165) is 9.89 Å². The third kappa shape index (κ3) is 5.54. The van der Waals surface area contributed by atoms with Crippen molar-refractivity contribution in [2.45, 2.75) is 27.1 Å². The molecule has 86 valence electrons. The van der Waals surface area contributed by atoms with Gasteiger partial charge in [-0.3, -0.25) is 4.79 Å². The molecule has 1 aromatic rings. The smallest absolute Gasteiger partial charge is 0.261 e. The molecular weight excluding hydrogens is 314 g/mol. The molecule has 0 amide bonds. The van der Waals surface area contributed by atoms with E-state index in [0.29, 0.717) is 13.0 Å². The van der Waals surface area contributed by atoms with Crippen molar-refractivity contribution in [1.82, 2.24) is 0 Å². The average Bonchev–Trinajstić information content (AvgIpc) is 2.14. The van der Waals surface area contributed by atoms with Gasteiger partial charge in [-0.05, 0) is 46.2 Å². The van der Waals surface area contributed by atoms with Crippen LogP contribution in [0.1, 0.15) is 20.8 Å². The summed E-state index contributed by atoms with van der Waals surface area (Å²) in [5.41, 5.74) is 0.171. The quantitative estimate of drug-likeness (QED) is 0.624. The van der Waals surface area contributed by atoms with Crippen molar-refractivity contribution in [2.75, 3.05) is 0 Å². The van der Waals surface area contributed by atoms with Crippen molar-refractivity contribution in [1.29, 1.82) is 0 Å². The van der Waals surface area contributed by atoms with E-state index in [1.165, 1.54) is 0 Å². The van der Waals surface area contributed by atoms with Gasteiger partial charge in [0.15, 0.2) is 0 Å². The first kappa shape index (κ1) is 13.5. The van der Waals surface area contributed by atoms with Gasteiger partial charge in [-0.15, -0.1) is 0 Å². The number of benzene rings is 1. The van der Waals surface area contributed by atoms with Gasteiger partial charge in [0.05, 0.1) is 0 Å². The van der Waals surface area contributed by atoms with E-state index in [1.807, 2.05) is 18.2 Å². The zero-order valence-electron chi connectivity index (χ0n) is 9.92. The van der Waals surface area contributed by atoms with Crippen LogP contribution in [0.4, 0.5) is 4.79 Å². The molecule has 2 nitrogen and oxygen atoms in total. The van der Waals surface area contributed by atoms with Crippen molar-refractivity contribution in [3.63, 3.8) is 0 Å². The lowest BCUT2D eigenvalue weighted by molar-refractivity contribution is 0.224. The summed E-state index contributed by atoms with van der Waals surface area (Å²) < 4.78 is 6.32. The Labute approximate surface area is 111 Å². The van der Waals surface area contributed by atoms with Crippen molar-refractivity contribution < 1.29 is 9.53 Å². The first-order valence-electron chi connectivity index (χ1n) is 5.33. The molecule has 0 unspecified atom stereocenters. The molecule has 0 bridgehead atoms. The molecule has 0 fully saturated rings. The average molecular weight is 330 g/mol. The number of carbonyl (C=O) groups excluding carboxylic acids is 1. The van der Waals surface area contributed by atoms with E-state index in [2.05, 4.69) is 43.4 Å². The minimum absolute atomic E-state index is 0.156. The van der Waals surface area contributed by atoms with Gasteiger partial charge in [-0.1, -0.05) is 33.2 Å². The highest BCUT2D eigenvalue weighted by molar-refractivity contribution is 14.1. The van der Waals surface area contributed by atoms with Gasteiger partial charge in [0, 0.05) is 3.57 Å². The molecule has 0 N–H and O–H groups in total. The Kier molecular flexibility index (Phi) is 4.83. The fourth-order valence-electron chi connectivity index (χ4n) is 1.19. The van der Waals surface area contributed by atoms with Crippen LogP contribution < -0.4 is 4.74 Å². The first-order valence-corrected chi connectivity index (χ1v) is 6.41. The van der Waals surface area contributed by atoms with E-state index in [9.17, 15) is 4.79 Å². The molecule has 16 heavy (non-hydrogen) atoms. The van der Waals surface area contributed by atoms with Crippen LogP contribution in [0.5, 0.6) is 5.75 Å². The molecule has 4 heteroatoms. The van der Waals surface area contributed by atoms with Crippen LogP contribution in [0.25, 0.3) is 0 Å². The van der Waals surface area contributed by atoms with Gasteiger partial charge in [0.1, 0.15) is 5.75 Å². The van der Waals surface area contributed by atoms with Crippen molar-refractivity contribution in [3.8, 4) is 5.75 Å². The summed E-state index contributed by atoms with van der Waals surface area (Å²) in [6, 6.07) is 7.51. The molecule has 1 aromatic carbocycles. The van der Waals surface area contributed by atoms with Gasteiger partial charge in [-0.25, -0.2) is 0 Å². The molecule has 0 aliphatic heterocycles. The molecule has 0 aliphatic rings. The van der Waals surface area contributed by atoms with Crippen molar-refractivity contribution in [2.24, 2.45) is 5.41 Å². The minimum Gasteiger partial charge on any atom is -0.435 e. The summed E-state index contributed by atoms with van der Waals surface area (Å²) in [4.78, 5) is 11.5. The van der Waals surface area contributed by atoms with Gasteiger partial charge >= 0.3 is 0 Å². The van der Waals surface area contributed by atoms with Gasteiger partial charge < -0.3 is 4.74 Å². The fraction of sp³-hybridized carbons (Fsp3) is 0.417. The summed E-state index contributed by atoms with van der Waals surface area (Å²) >= 11 is 2.20. The van der Waals surface area contributed by atoms with Crippen LogP contribution in [0.3, 0.4) is 0 Å². The lowest BCUT2D eigenvalue weighted by atomic mass is 9.65. The number of hydrogen-bond acceptors (Lipinski definition) is 2. The highest BCUT2D eigenvalue weighted by atomic mass is 127. The maximum atomic E-state index is 11.5. The van der Waals surface area contributed by atoms with Crippen LogP contribution in [-0.2, 0) is 0 Å². The summed E-state index contributed by atoms with van der Waals surface area (Å²) in [6.07, 6.45) is 0.843. The van der Waals surface area contributed by atoms with Crippen LogP contribution >= 0.6 is 22.6 Å². The van der Waals surface area contributed by atoms with Crippen LogP contribution in [0, 0.1) is 8.99 Å². The minimum atomic E-state index is -0.156. The largest absolute Gasteiger partial charge is 0.435 e. The van der Waals surface area contributed by atoms with Crippen LogP contribution in [0.2, 0.25) is 6.32 Å². The first-order chi connectivity index (χ1) is 7.37. The Hall–Kier alpha value is -0.515. The van der Waals surface area contributed by atoms with Crippen LogP contribution in [0.15, 0.2) is 24.3 Å². The third-order valence-electron chi connectivity index (χ3n) is 2.11. The third-order valence-corrected chi connectivity index (χ3v) is 2.78. The second-order valence-electron chi connectivity index (χ2n) is 4.99. The normalized spacial score (nSPS) is 11.0. The fourth-order valence-corrected chi connectivity index (χ4v) is 1.70. The highest BCUT2D eigenvalue weighted by Crippen LogP contribution is 2.19. The van der Waals surface area contributed by atoms with E-state index < -0.39 is 0 Å².